The lowest BCUT2D eigenvalue weighted by molar-refractivity contribution is 0.0706. The number of hydrogen-bond donors (Lipinski definition) is 3. The van der Waals surface area contributed by atoms with Crippen molar-refractivity contribution < 1.29 is 10.0 Å². The number of carbonyl (C=O) groups excluding carboxylic acids is 1. The van der Waals surface area contributed by atoms with Crippen LogP contribution < -0.4 is 5.48 Å². The Morgan fingerprint density at radius 3 is 2.83 bits per heavy atom. The summed E-state index contributed by atoms with van der Waals surface area (Å²) in [7, 11) is 0. The number of aromatic nitrogens is 2. The van der Waals surface area contributed by atoms with Crippen LogP contribution in [0.3, 0.4) is 0 Å². The van der Waals surface area contributed by atoms with Gasteiger partial charge in [-0.3, -0.25) is 14.9 Å². The maximum atomic E-state index is 11.7. The lowest BCUT2D eigenvalue weighted by atomic mass is 9.71. The fraction of sp³-hybridized carbons (Fsp3) is 0.417. The van der Waals surface area contributed by atoms with Crippen LogP contribution in [-0.4, -0.2) is 39.1 Å². The van der Waals surface area contributed by atoms with Crippen LogP contribution in [0.5, 0.6) is 0 Å². The maximum absolute atomic E-state index is 11.7. The van der Waals surface area contributed by atoms with Crippen molar-refractivity contribution in [3.63, 3.8) is 0 Å². The Balaban J connectivity index is 0.00000106. The van der Waals surface area contributed by atoms with Crippen molar-refractivity contribution in [1.29, 1.82) is 0 Å². The van der Waals surface area contributed by atoms with Gasteiger partial charge in [0.05, 0.1) is 17.6 Å². The fourth-order valence-corrected chi connectivity index (χ4v) is 4.93. The number of rotatable bonds is 3. The second-order valence-electron chi connectivity index (χ2n) is 8.26. The first-order valence-electron chi connectivity index (χ1n) is 10.9. The third-order valence-electron chi connectivity index (χ3n) is 6.39. The Bertz CT molecular complexity index is 1010. The molecule has 5 rings (SSSR count). The highest BCUT2D eigenvalue weighted by Crippen LogP contribution is 2.43. The van der Waals surface area contributed by atoms with Gasteiger partial charge in [0.25, 0.3) is 5.91 Å². The number of carbonyl (C=O) groups is 1. The molecule has 3 aromatic rings. The normalized spacial score (nSPS) is 20.6. The van der Waals surface area contributed by atoms with Crippen LogP contribution in [0, 0.1) is 5.41 Å². The first-order chi connectivity index (χ1) is 14.6. The topological polar surface area (TPSA) is 81.2 Å². The highest BCUT2D eigenvalue weighted by Gasteiger charge is 2.40. The third-order valence-corrected chi connectivity index (χ3v) is 6.39. The number of amides is 1. The highest BCUT2D eigenvalue weighted by atomic mass is 16.5. The summed E-state index contributed by atoms with van der Waals surface area (Å²) in [4.78, 5) is 22.3. The minimum Gasteiger partial charge on any atom is -0.341 e. The van der Waals surface area contributed by atoms with Crippen LogP contribution in [-0.2, 0) is 19.4 Å². The van der Waals surface area contributed by atoms with Gasteiger partial charge < -0.3 is 4.98 Å². The number of hydroxylamine groups is 1. The third kappa shape index (κ3) is 3.98. The quantitative estimate of drug-likeness (QED) is 0.452. The van der Waals surface area contributed by atoms with E-state index in [-0.39, 0.29) is 0 Å². The molecule has 1 amide bonds. The molecule has 1 unspecified atom stereocenters. The zero-order chi connectivity index (χ0) is 21.1. The zero-order valence-electron chi connectivity index (χ0n) is 17.7. The van der Waals surface area contributed by atoms with Crippen molar-refractivity contribution in [3.05, 3.63) is 65.0 Å². The molecule has 1 aliphatic heterocycles. The minimum atomic E-state index is -0.444. The summed E-state index contributed by atoms with van der Waals surface area (Å²) < 4.78 is 0. The van der Waals surface area contributed by atoms with Crippen molar-refractivity contribution in [1.82, 2.24) is 20.3 Å². The molecule has 2 aliphatic rings. The number of H-pyrrole nitrogens is 1. The predicted octanol–water partition coefficient (Wildman–Crippen LogP) is 4.09. The summed E-state index contributed by atoms with van der Waals surface area (Å²) in [6.07, 6.45) is 4.38. The average molecular weight is 407 g/mol. The van der Waals surface area contributed by atoms with Crippen molar-refractivity contribution in [2.45, 2.75) is 46.1 Å². The molecule has 6 heteroatoms. The van der Waals surface area contributed by atoms with Gasteiger partial charge in [-0.2, -0.15) is 0 Å². The molecule has 6 nitrogen and oxygen atoms in total. The minimum absolute atomic E-state index is 0.319. The summed E-state index contributed by atoms with van der Waals surface area (Å²) in [5.74, 6) is 0.593. The lowest BCUT2D eigenvalue weighted by Crippen LogP contribution is -2.33. The van der Waals surface area contributed by atoms with Crippen LogP contribution in [0.4, 0.5) is 0 Å². The van der Waals surface area contributed by atoms with Crippen molar-refractivity contribution >= 4 is 16.9 Å². The number of likely N-dealkylation sites (tertiary alicyclic amines) is 1. The van der Waals surface area contributed by atoms with E-state index in [4.69, 9.17) is 10.2 Å². The summed E-state index contributed by atoms with van der Waals surface area (Å²) in [6, 6.07) is 14.0. The average Bonchev–Trinajstić information content (AvgIpc) is 3.37. The number of aromatic amines is 1. The molecule has 0 saturated carbocycles. The predicted molar refractivity (Wildman–Crippen MR) is 117 cm³/mol. The van der Waals surface area contributed by atoms with Crippen molar-refractivity contribution in [3.8, 4) is 0 Å². The molecular weight excluding hydrogens is 376 g/mol. The largest absolute Gasteiger partial charge is 0.341 e. The number of imidazole rings is 1. The van der Waals surface area contributed by atoms with E-state index in [1.807, 2.05) is 44.2 Å². The first-order valence-corrected chi connectivity index (χ1v) is 10.9. The summed E-state index contributed by atoms with van der Waals surface area (Å²) >= 11 is 0. The molecule has 30 heavy (non-hydrogen) atoms. The summed E-state index contributed by atoms with van der Waals surface area (Å²) in [6.45, 7) is 7.04. The van der Waals surface area contributed by atoms with E-state index in [9.17, 15) is 4.79 Å². The Hall–Kier alpha value is -2.70. The Morgan fingerprint density at radius 1 is 1.20 bits per heavy atom. The molecule has 2 heterocycles. The van der Waals surface area contributed by atoms with Gasteiger partial charge in [0.1, 0.15) is 5.82 Å². The van der Waals surface area contributed by atoms with Gasteiger partial charge in [0, 0.05) is 12.1 Å². The molecular formula is C24H30N4O2. The van der Waals surface area contributed by atoms with Gasteiger partial charge in [-0.25, -0.2) is 10.5 Å². The van der Waals surface area contributed by atoms with Crippen LogP contribution in [0.2, 0.25) is 0 Å². The number of aryl methyl sites for hydroxylation is 1. The van der Waals surface area contributed by atoms with Gasteiger partial charge in [0.2, 0.25) is 0 Å². The highest BCUT2D eigenvalue weighted by molar-refractivity contribution is 5.93. The number of hydrogen-bond acceptors (Lipinski definition) is 4. The van der Waals surface area contributed by atoms with E-state index in [1.165, 1.54) is 17.5 Å². The molecule has 0 bridgehead atoms. The van der Waals surface area contributed by atoms with E-state index in [2.05, 4.69) is 22.0 Å². The monoisotopic (exact) mass is 406 g/mol. The molecule has 1 saturated heterocycles. The zero-order valence-corrected chi connectivity index (χ0v) is 17.7. The Kier molecular flexibility index (Phi) is 5.88. The molecule has 1 aromatic heterocycles. The maximum Gasteiger partial charge on any atom is 0.274 e. The van der Waals surface area contributed by atoms with Gasteiger partial charge in [-0.15, -0.1) is 0 Å². The van der Waals surface area contributed by atoms with Crippen LogP contribution >= 0.6 is 0 Å². The smallest absolute Gasteiger partial charge is 0.274 e. The molecule has 3 N–H and O–H groups in total. The number of fused-ring (bicyclic) bond motifs is 2. The summed E-state index contributed by atoms with van der Waals surface area (Å²) in [5, 5.41) is 8.84. The molecule has 2 aromatic carbocycles. The van der Waals surface area contributed by atoms with Gasteiger partial charge in [-0.1, -0.05) is 32.0 Å². The van der Waals surface area contributed by atoms with E-state index >= 15 is 0 Å². The van der Waals surface area contributed by atoms with E-state index in [0.29, 0.717) is 11.0 Å². The molecule has 1 aliphatic carbocycles. The van der Waals surface area contributed by atoms with Crippen LogP contribution in [0.15, 0.2) is 42.5 Å². The second kappa shape index (κ2) is 8.58. The van der Waals surface area contributed by atoms with Crippen LogP contribution in [0.1, 0.15) is 54.0 Å². The van der Waals surface area contributed by atoms with E-state index in [1.54, 1.807) is 5.48 Å². The number of benzene rings is 2. The lowest BCUT2D eigenvalue weighted by Gasteiger charge is -2.35. The molecule has 1 atom stereocenters. The summed E-state index contributed by atoms with van der Waals surface area (Å²) in [5.41, 5.74) is 7.27. The standard InChI is InChI=1S/C22H24N4O2.C2H6/c27-21(25-28)16-5-6-17-12-22(8-7-15(17)11-16)9-10-26(14-22)13-20-23-18-3-1-2-4-19(18)24-20;1-2/h1-6,11,28H,7-10,12-14H2,(H,23,24)(H,25,27);1-2H3. The van der Waals surface area contributed by atoms with E-state index in [0.717, 1.165) is 55.8 Å². The SMILES string of the molecule is CC.O=C(NO)c1ccc2c(c1)CCC1(CCN(Cc3nc4ccccc4[nH]3)C1)C2. The van der Waals surface area contributed by atoms with Crippen LogP contribution in [0.25, 0.3) is 11.0 Å². The molecule has 0 radical (unpaired) electrons. The number of nitrogens with one attached hydrogen (secondary N) is 2. The van der Waals surface area contributed by atoms with Crippen molar-refractivity contribution in [2.24, 2.45) is 5.41 Å². The van der Waals surface area contributed by atoms with Crippen molar-refractivity contribution in [2.75, 3.05) is 13.1 Å². The first kappa shape index (κ1) is 20.6. The second-order valence-corrected chi connectivity index (χ2v) is 8.26. The van der Waals surface area contributed by atoms with Gasteiger partial charge in [-0.05, 0) is 73.0 Å². The van der Waals surface area contributed by atoms with E-state index < -0.39 is 5.91 Å². The number of nitrogens with zero attached hydrogens (tertiary/aromatic N) is 2. The van der Waals surface area contributed by atoms with Gasteiger partial charge in [0.15, 0.2) is 0 Å². The fourth-order valence-electron chi connectivity index (χ4n) is 4.93. The Labute approximate surface area is 177 Å². The van der Waals surface area contributed by atoms with Gasteiger partial charge >= 0.3 is 0 Å². The number of para-hydroxylation sites is 2. The molecule has 1 spiro atoms. The Morgan fingerprint density at radius 2 is 2.03 bits per heavy atom. The molecule has 1 fully saturated rings. The molecule has 158 valence electrons.